The van der Waals surface area contributed by atoms with Gasteiger partial charge in [-0.1, -0.05) is 0 Å². The smallest absolute Gasteiger partial charge is 0.342 e. The van der Waals surface area contributed by atoms with Crippen molar-refractivity contribution in [2.24, 2.45) is 0 Å². The minimum atomic E-state index is -4.15. The van der Waals surface area contributed by atoms with Gasteiger partial charge in [0.25, 0.3) is 10.0 Å². The van der Waals surface area contributed by atoms with Gasteiger partial charge in [-0.15, -0.1) is 0 Å². The van der Waals surface area contributed by atoms with Gasteiger partial charge in [0.2, 0.25) is 0 Å². The minimum Gasteiger partial charge on any atom is -0.480 e. The highest BCUT2D eigenvalue weighted by atomic mass is 32.2. The van der Waals surface area contributed by atoms with E-state index in [1.807, 2.05) is 0 Å². The molecule has 0 spiro atoms. The number of aliphatic carboxylic acids is 1. The summed E-state index contributed by atoms with van der Waals surface area (Å²) < 4.78 is 30.7. The molecule has 10 heteroatoms. The lowest BCUT2D eigenvalue weighted by Gasteiger charge is -2.20. The Labute approximate surface area is 120 Å². The van der Waals surface area contributed by atoms with Crippen molar-refractivity contribution in [3.63, 3.8) is 0 Å². The normalized spacial score (nSPS) is 19.6. The third kappa shape index (κ3) is 2.76. The molecule has 0 unspecified atom stereocenters. The summed E-state index contributed by atoms with van der Waals surface area (Å²) in [5.74, 6) is -2.04. The third-order valence-electron chi connectivity index (χ3n) is 3.16. The number of carbonyl (C=O) groups is 2. The molecule has 0 bridgehead atoms. The van der Waals surface area contributed by atoms with Crippen LogP contribution in [-0.4, -0.2) is 59.2 Å². The molecule has 9 nitrogen and oxygen atoms in total. The highest BCUT2D eigenvalue weighted by Gasteiger charge is 2.42. The van der Waals surface area contributed by atoms with Gasteiger partial charge in [0, 0.05) is 6.54 Å². The lowest BCUT2D eigenvalue weighted by molar-refractivity contribution is -0.140. The molecule has 0 radical (unpaired) electrons. The van der Waals surface area contributed by atoms with Crippen LogP contribution >= 0.6 is 0 Å². The van der Waals surface area contributed by atoms with E-state index in [2.05, 4.69) is 10.2 Å². The van der Waals surface area contributed by atoms with Crippen LogP contribution in [0.4, 0.5) is 0 Å². The molecule has 1 atom stereocenters. The average molecular weight is 317 g/mol. The van der Waals surface area contributed by atoms with Crippen LogP contribution in [0.5, 0.6) is 0 Å². The van der Waals surface area contributed by atoms with Crippen molar-refractivity contribution in [1.82, 2.24) is 14.5 Å². The number of hydrogen-bond donors (Lipinski definition) is 2. The number of aromatic amines is 1. The predicted octanol–water partition coefficient (Wildman–Crippen LogP) is -0.176. The highest BCUT2D eigenvalue weighted by molar-refractivity contribution is 7.89. The molecule has 116 valence electrons. The standard InChI is InChI=1S/C11H15N3O6S/c1-2-20-11(17)7-6-12-13-9(7)21(18,19)14-5-3-4-8(14)10(15)16/h6,8H,2-5H2,1H3,(H,12,13)(H,15,16)/t8-/m1/s1. The van der Waals surface area contributed by atoms with Crippen molar-refractivity contribution in [2.75, 3.05) is 13.2 Å². The molecule has 0 amide bonds. The molecule has 1 fully saturated rings. The van der Waals surface area contributed by atoms with Crippen molar-refractivity contribution < 1.29 is 27.9 Å². The van der Waals surface area contributed by atoms with E-state index < -0.39 is 33.0 Å². The Morgan fingerprint density at radius 2 is 2.29 bits per heavy atom. The molecule has 21 heavy (non-hydrogen) atoms. The van der Waals surface area contributed by atoms with Gasteiger partial charge in [0.05, 0.1) is 12.8 Å². The number of ether oxygens (including phenoxy) is 1. The van der Waals surface area contributed by atoms with Crippen LogP contribution in [0.25, 0.3) is 0 Å². The fraction of sp³-hybridized carbons (Fsp3) is 0.545. The molecule has 1 aromatic heterocycles. The second-order valence-corrected chi connectivity index (χ2v) is 6.27. The summed E-state index contributed by atoms with van der Waals surface area (Å²) in [5, 5.41) is 14.4. The fourth-order valence-electron chi connectivity index (χ4n) is 2.22. The number of carbonyl (C=O) groups excluding carboxylic acids is 1. The van der Waals surface area contributed by atoms with Gasteiger partial charge in [0.15, 0.2) is 5.03 Å². The van der Waals surface area contributed by atoms with E-state index in [1.165, 1.54) is 0 Å². The molecular weight excluding hydrogens is 302 g/mol. The van der Waals surface area contributed by atoms with Crippen LogP contribution in [0, 0.1) is 0 Å². The van der Waals surface area contributed by atoms with E-state index in [0.29, 0.717) is 6.42 Å². The molecule has 0 saturated carbocycles. The summed E-state index contributed by atoms with van der Waals surface area (Å²) in [7, 11) is -4.15. The van der Waals surface area contributed by atoms with E-state index >= 15 is 0 Å². The summed E-state index contributed by atoms with van der Waals surface area (Å²) in [6.07, 6.45) is 1.73. The molecule has 2 N–H and O–H groups in total. The molecule has 2 heterocycles. The van der Waals surface area contributed by atoms with Gasteiger partial charge in [-0.05, 0) is 19.8 Å². The first-order valence-electron chi connectivity index (χ1n) is 6.34. The first-order chi connectivity index (χ1) is 9.89. The van der Waals surface area contributed by atoms with E-state index in [0.717, 1.165) is 10.5 Å². The van der Waals surface area contributed by atoms with Crippen LogP contribution in [0.15, 0.2) is 11.2 Å². The fourth-order valence-corrected chi connectivity index (χ4v) is 3.93. The van der Waals surface area contributed by atoms with Crippen LogP contribution < -0.4 is 0 Å². The Hall–Kier alpha value is -1.94. The Morgan fingerprint density at radius 1 is 1.57 bits per heavy atom. The van der Waals surface area contributed by atoms with Gasteiger partial charge in [-0.25, -0.2) is 13.2 Å². The summed E-state index contributed by atoms with van der Waals surface area (Å²) in [5.41, 5.74) is -0.229. The van der Waals surface area contributed by atoms with Crippen molar-refractivity contribution in [1.29, 1.82) is 0 Å². The van der Waals surface area contributed by atoms with Crippen LogP contribution in [-0.2, 0) is 19.6 Å². The lowest BCUT2D eigenvalue weighted by atomic mass is 10.2. The Kier molecular flexibility index (Phi) is 4.28. The molecule has 2 rings (SSSR count). The molecule has 0 aliphatic carbocycles. The summed E-state index contributed by atoms with van der Waals surface area (Å²) in [6, 6.07) is -1.13. The second kappa shape index (κ2) is 5.82. The number of H-pyrrole nitrogens is 1. The number of aromatic nitrogens is 2. The maximum Gasteiger partial charge on any atom is 0.342 e. The summed E-state index contributed by atoms with van der Waals surface area (Å²) in [4.78, 5) is 22.8. The van der Waals surface area contributed by atoms with E-state index in [4.69, 9.17) is 9.84 Å². The number of hydrogen-bond acceptors (Lipinski definition) is 6. The van der Waals surface area contributed by atoms with Gasteiger partial charge < -0.3 is 9.84 Å². The Morgan fingerprint density at radius 3 is 2.90 bits per heavy atom. The molecule has 1 saturated heterocycles. The van der Waals surface area contributed by atoms with Crippen LogP contribution in [0.2, 0.25) is 0 Å². The first-order valence-corrected chi connectivity index (χ1v) is 7.78. The number of nitrogens with one attached hydrogen (secondary N) is 1. The number of carboxylic acid groups (broad SMARTS) is 1. The van der Waals surface area contributed by atoms with Crippen molar-refractivity contribution in [2.45, 2.75) is 30.8 Å². The van der Waals surface area contributed by atoms with Gasteiger partial charge in [-0.3, -0.25) is 9.89 Å². The van der Waals surface area contributed by atoms with Gasteiger partial charge in [-0.2, -0.15) is 9.40 Å². The quantitative estimate of drug-likeness (QED) is 0.721. The number of rotatable bonds is 5. The first kappa shape index (κ1) is 15.4. The molecule has 1 aliphatic rings. The monoisotopic (exact) mass is 317 g/mol. The highest BCUT2D eigenvalue weighted by Crippen LogP contribution is 2.27. The summed E-state index contributed by atoms with van der Waals surface area (Å²) in [6.45, 7) is 1.76. The molecule has 0 aromatic carbocycles. The zero-order valence-corrected chi connectivity index (χ0v) is 12.1. The van der Waals surface area contributed by atoms with Gasteiger partial charge >= 0.3 is 11.9 Å². The second-order valence-electron chi connectivity index (χ2n) is 4.45. The molecule has 1 aliphatic heterocycles. The van der Waals surface area contributed by atoms with Crippen molar-refractivity contribution in [3.8, 4) is 0 Å². The number of nitrogens with zero attached hydrogens (tertiary/aromatic N) is 2. The largest absolute Gasteiger partial charge is 0.480 e. The van der Waals surface area contributed by atoms with E-state index in [1.54, 1.807) is 6.92 Å². The van der Waals surface area contributed by atoms with Gasteiger partial charge in [0.1, 0.15) is 11.6 Å². The van der Waals surface area contributed by atoms with Crippen molar-refractivity contribution >= 4 is 22.0 Å². The Balaban J connectivity index is 2.39. The van der Waals surface area contributed by atoms with Crippen LogP contribution in [0.1, 0.15) is 30.1 Å². The maximum absolute atomic E-state index is 12.5. The summed E-state index contributed by atoms with van der Waals surface area (Å²) >= 11 is 0. The maximum atomic E-state index is 12.5. The number of carboxylic acids is 1. The molecular formula is C11H15N3O6S. The number of esters is 1. The molecule has 1 aromatic rings. The van der Waals surface area contributed by atoms with E-state index in [9.17, 15) is 18.0 Å². The topological polar surface area (TPSA) is 130 Å². The van der Waals surface area contributed by atoms with E-state index in [-0.39, 0.29) is 25.1 Å². The van der Waals surface area contributed by atoms with Crippen LogP contribution in [0.3, 0.4) is 0 Å². The van der Waals surface area contributed by atoms with Crippen molar-refractivity contribution in [3.05, 3.63) is 11.8 Å². The minimum absolute atomic E-state index is 0.0839. The lowest BCUT2D eigenvalue weighted by Crippen LogP contribution is -2.41. The predicted molar refractivity (Wildman–Crippen MR) is 69.1 cm³/mol. The zero-order chi connectivity index (χ0) is 15.6. The third-order valence-corrected chi connectivity index (χ3v) is 5.04. The zero-order valence-electron chi connectivity index (χ0n) is 11.3. The average Bonchev–Trinajstić information content (AvgIpc) is 3.08. The number of sulfonamides is 1. The Bertz CT molecular complexity index is 653. The SMILES string of the molecule is CCOC(=O)c1cn[nH]c1S(=O)(=O)N1CCC[C@@H]1C(=O)O.